The summed E-state index contributed by atoms with van der Waals surface area (Å²) in [6, 6.07) is 14.7. The second kappa shape index (κ2) is 7.70. The number of urea groups is 1. The molecule has 0 spiro atoms. The van der Waals surface area contributed by atoms with Crippen LogP contribution in [0.4, 0.5) is 21.9 Å². The van der Waals surface area contributed by atoms with Crippen LogP contribution in [0.2, 0.25) is 0 Å². The SMILES string of the molecule is COc1ccc(NC(=O)Nc2ccc(N3CCOCC3)cc2)cc1. The van der Waals surface area contributed by atoms with Gasteiger partial charge in [0.15, 0.2) is 0 Å². The first kappa shape index (κ1) is 16.1. The molecule has 6 heteroatoms. The molecule has 1 aliphatic heterocycles. The second-order valence-corrected chi connectivity index (χ2v) is 5.45. The van der Waals surface area contributed by atoms with Crippen LogP contribution in [-0.4, -0.2) is 39.4 Å². The number of anilines is 3. The third-order valence-corrected chi connectivity index (χ3v) is 3.85. The Balaban J connectivity index is 1.55. The molecule has 0 radical (unpaired) electrons. The van der Waals surface area contributed by atoms with Crippen molar-refractivity contribution in [3.63, 3.8) is 0 Å². The van der Waals surface area contributed by atoms with Crippen LogP contribution in [-0.2, 0) is 4.74 Å². The highest BCUT2D eigenvalue weighted by Crippen LogP contribution is 2.19. The lowest BCUT2D eigenvalue weighted by molar-refractivity contribution is 0.122. The quantitative estimate of drug-likeness (QED) is 0.905. The van der Waals surface area contributed by atoms with Crippen molar-refractivity contribution in [2.75, 3.05) is 48.9 Å². The Morgan fingerprint density at radius 3 is 2.04 bits per heavy atom. The molecule has 2 N–H and O–H groups in total. The van der Waals surface area contributed by atoms with E-state index in [1.165, 1.54) is 0 Å². The van der Waals surface area contributed by atoms with E-state index in [-0.39, 0.29) is 6.03 Å². The van der Waals surface area contributed by atoms with Crippen molar-refractivity contribution in [1.29, 1.82) is 0 Å². The van der Waals surface area contributed by atoms with Crippen LogP contribution >= 0.6 is 0 Å². The molecule has 1 aliphatic rings. The van der Waals surface area contributed by atoms with Crippen LogP contribution in [0.5, 0.6) is 5.75 Å². The Hall–Kier alpha value is -2.73. The van der Waals surface area contributed by atoms with E-state index in [0.29, 0.717) is 5.69 Å². The smallest absolute Gasteiger partial charge is 0.323 e. The van der Waals surface area contributed by atoms with Crippen molar-refractivity contribution in [3.8, 4) is 5.75 Å². The number of ether oxygens (including phenoxy) is 2. The highest BCUT2D eigenvalue weighted by Gasteiger charge is 2.11. The zero-order valence-electron chi connectivity index (χ0n) is 13.6. The minimum atomic E-state index is -0.278. The molecule has 6 nitrogen and oxygen atoms in total. The Bertz CT molecular complexity index is 665. The Labute approximate surface area is 141 Å². The molecule has 1 saturated heterocycles. The summed E-state index contributed by atoms with van der Waals surface area (Å²) in [5.41, 5.74) is 2.59. The molecule has 0 unspecified atom stereocenters. The number of nitrogens with zero attached hydrogens (tertiary/aromatic N) is 1. The number of hydrogen-bond acceptors (Lipinski definition) is 4. The summed E-state index contributed by atoms with van der Waals surface area (Å²) in [6.45, 7) is 3.30. The number of benzene rings is 2. The van der Waals surface area contributed by atoms with Gasteiger partial charge in [0.05, 0.1) is 20.3 Å². The van der Waals surface area contributed by atoms with Crippen LogP contribution in [0.25, 0.3) is 0 Å². The third kappa shape index (κ3) is 4.17. The Morgan fingerprint density at radius 2 is 1.50 bits per heavy atom. The van der Waals surface area contributed by atoms with Gasteiger partial charge in [0.2, 0.25) is 0 Å². The van der Waals surface area contributed by atoms with Crippen molar-refractivity contribution in [2.24, 2.45) is 0 Å². The van der Waals surface area contributed by atoms with Gasteiger partial charge in [-0.25, -0.2) is 4.79 Å². The van der Waals surface area contributed by atoms with Gasteiger partial charge >= 0.3 is 6.03 Å². The molecule has 0 aliphatic carbocycles. The van der Waals surface area contributed by atoms with Crippen molar-refractivity contribution in [1.82, 2.24) is 0 Å². The predicted octanol–water partition coefficient (Wildman–Crippen LogP) is 3.18. The van der Waals surface area contributed by atoms with E-state index in [2.05, 4.69) is 15.5 Å². The average Bonchev–Trinajstić information content (AvgIpc) is 2.64. The molecular formula is C18H21N3O3. The molecule has 24 heavy (non-hydrogen) atoms. The number of nitrogens with one attached hydrogen (secondary N) is 2. The number of methoxy groups -OCH3 is 1. The summed E-state index contributed by atoms with van der Waals surface area (Å²) < 4.78 is 10.4. The van der Waals surface area contributed by atoms with Gasteiger partial charge in [0, 0.05) is 30.2 Å². The highest BCUT2D eigenvalue weighted by molar-refractivity contribution is 5.99. The van der Waals surface area contributed by atoms with Gasteiger partial charge in [-0.1, -0.05) is 0 Å². The molecule has 0 atom stereocenters. The van der Waals surface area contributed by atoms with E-state index in [9.17, 15) is 4.79 Å². The van der Waals surface area contributed by atoms with Gasteiger partial charge < -0.3 is 25.0 Å². The van der Waals surface area contributed by atoms with Crippen LogP contribution < -0.4 is 20.3 Å². The summed E-state index contributed by atoms with van der Waals surface area (Å²) in [5.74, 6) is 0.750. The molecule has 0 bridgehead atoms. The van der Waals surface area contributed by atoms with Gasteiger partial charge in [0.1, 0.15) is 5.75 Å². The minimum Gasteiger partial charge on any atom is -0.497 e. The van der Waals surface area contributed by atoms with Crippen molar-refractivity contribution >= 4 is 23.1 Å². The summed E-state index contributed by atoms with van der Waals surface area (Å²) in [6.07, 6.45) is 0. The van der Waals surface area contributed by atoms with E-state index in [1.54, 1.807) is 31.4 Å². The zero-order chi connectivity index (χ0) is 16.8. The maximum absolute atomic E-state index is 12.0. The molecule has 1 fully saturated rings. The van der Waals surface area contributed by atoms with Crippen LogP contribution in [0.1, 0.15) is 0 Å². The van der Waals surface area contributed by atoms with Gasteiger partial charge in [-0.3, -0.25) is 0 Å². The minimum absolute atomic E-state index is 0.278. The number of hydrogen-bond donors (Lipinski definition) is 2. The fourth-order valence-corrected chi connectivity index (χ4v) is 2.54. The number of amides is 2. The lowest BCUT2D eigenvalue weighted by Gasteiger charge is -2.28. The monoisotopic (exact) mass is 327 g/mol. The number of carbonyl (C=O) groups is 1. The summed E-state index contributed by atoms with van der Waals surface area (Å²) in [7, 11) is 1.61. The lowest BCUT2D eigenvalue weighted by atomic mass is 10.2. The number of rotatable bonds is 4. The average molecular weight is 327 g/mol. The van der Waals surface area contributed by atoms with Crippen LogP contribution in [0, 0.1) is 0 Å². The molecule has 3 rings (SSSR count). The summed E-state index contributed by atoms with van der Waals surface area (Å²) in [5, 5.41) is 5.61. The second-order valence-electron chi connectivity index (χ2n) is 5.45. The standard InChI is InChI=1S/C18H21N3O3/c1-23-17-8-4-15(5-9-17)20-18(22)19-14-2-6-16(7-3-14)21-10-12-24-13-11-21/h2-9H,10-13H2,1H3,(H2,19,20,22). The van der Waals surface area contributed by atoms with Crippen molar-refractivity contribution in [2.45, 2.75) is 0 Å². The maximum atomic E-state index is 12.0. The number of morpholine rings is 1. The fraction of sp³-hybridized carbons (Fsp3) is 0.278. The first-order valence-electron chi connectivity index (χ1n) is 7.89. The van der Waals surface area contributed by atoms with Crippen molar-refractivity contribution in [3.05, 3.63) is 48.5 Å². The lowest BCUT2D eigenvalue weighted by Crippen LogP contribution is -2.36. The molecule has 2 aromatic carbocycles. The fourth-order valence-electron chi connectivity index (χ4n) is 2.54. The predicted molar refractivity (Wildman–Crippen MR) is 95.1 cm³/mol. The molecule has 1 heterocycles. The summed E-state index contributed by atoms with van der Waals surface area (Å²) in [4.78, 5) is 14.3. The highest BCUT2D eigenvalue weighted by atomic mass is 16.5. The topological polar surface area (TPSA) is 62.8 Å². The first-order valence-corrected chi connectivity index (χ1v) is 7.89. The normalized spacial score (nSPS) is 14.1. The Morgan fingerprint density at radius 1 is 0.958 bits per heavy atom. The molecule has 2 amide bonds. The molecule has 2 aromatic rings. The van der Waals surface area contributed by atoms with Gasteiger partial charge in [0.25, 0.3) is 0 Å². The van der Waals surface area contributed by atoms with Gasteiger partial charge in [-0.15, -0.1) is 0 Å². The molecule has 126 valence electrons. The first-order chi connectivity index (χ1) is 11.7. The maximum Gasteiger partial charge on any atom is 0.323 e. The van der Waals surface area contributed by atoms with Crippen LogP contribution in [0.15, 0.2) is 48.5 Å². The van der Waals surface area contributed by atoms with E-state index in [4.69, 9.17) is 9.47 Å². The molecular weight excluding hydrogens is 306 g/mol. The zero-order valence-corrected chi connectivity index (χ0v) is 13.6. The molecule has 0 aromatic heterocycles. The van der Waals surface area contributed by atoms with Gasteiger partial charge in [-0.2, -0.15) is 0 Å². The van der Waals surface area contributed by atoms with E-state index >= 15 is 0 Å². The third-order valence-electron chi connectivity index (χ3n) is 3.85. The number of carbonyl (C=O) groups excluding carboxylic acids is 1. The van der Waals surface area contributed by atoms with E-state index < -0.39 is 0 Å². The van der Waals surface area contributed by atoms with Gasteiger partial charge in [-0.05, 0) is 48.5 Å². The van der Waals surface area contributed by atoms with Crippen LogP contribution in [0.3, 0.4) is 0 Å². The van der Waals surface area contributed by atoms with Crippen molar-refractivity contribution < 1.29 is 14.3 Å². The Kier molecular flexibility index (Phi) is 5.18. The summed E-state index contributed by atoms with van der Waals surface area (Å²) >= 11 is 0. The largest absolute Gasteiger partial charge is 0.497 e. The van der Waals surface area contributed by atoms with E-state index in [0.717, 1.165) is 43.4 Å². The molecule has 0 saturated carbocycles. The van der Waals surface area contributed by atoms with E-state index in [1.807, 2.05) is 24.3 Å².